The van der Waals surface area contributed by atoms with E-state index >= 15 is 0 Å². The normalized spacial score (nSPS) is 12.4. The quantitative estimate of drug-likeness (QED) is 0.834. The van der Waals surface area contributed by atoms with E-state index in [1.54, 1.807) is 6.26 Å². The van der Waals surface area contributed by atoms with Crippen molar-refractivity contribution in [2.24, 2.45) is 0 Å². The van der Waals surface area contributed by atoms with Crippen LogP contribution < -0.4 is 5.32 Å². The molecule has 0 spiro atoms. The summed E-state index contributed by atoms with van der Waals surface area (Å²) in [4.78, 5) is 0. The third-order valence-corrected chi connectivity index (χ3v) is 3.39. The Morgan fingerprint density at radius 3 is 2.50 bits per heavy atom. The average molecular weight is 284 g/mol. The molecular weight excluding hydrogens is 269 g/mol. The van der Waals surface area contributed by atoms with Gasteiger partial charge in [0.1, 0.15) is 5.76 Å². The second-order valence-electron chi connectivity index (χ2n) is 4.26. The van der Waals surface area contributed by atoms with E-state index < -0.39 is 0 Å². The lowest BCUT2D eigenvalue weighted by molar-refractivity contribution is 0.495. The molecule has 4 heteroatoms. The second-order valence-corrected chi connectivity index (χ2v) is 5.07. The first-order valence-corrected chi connectivity index (χ1v) is 6.65. The molecule has 0 radical (unpaired) electrons. The smallest absolute Gasteiger partial charge is 0.103 e. The van der Waals surface area contributed by atoms with Crippen LogP contribution in [0.25, 0.3) is 0 Å². The van der Waals surface area contributed by atoms with Crippen molar-refractivity contribution in [1.29, 1.82) is 0 Å². The number of hydrogen-bond acceptors (Lipinski definition) is 2. The number of nitrogens with one attached hydrogen (secondary N) is 1. The molecule has 0 aliphatic heterocycles. The zero-order valence-electron chi connectivity index (χ0n) is 10.1. The Bertz CT molecular complexity index is 476. The van der Waals surface area contributed by atoms with E-state index in [-0.39, 0.29) is 6.04 Å². The molecule has 1 unspecified atom stereocenters. The molecule has 1 atom stereocenters. The number of benzene rings is 1. The van der Waals surface area contributed by atoms with Crippen LogP contribution in [0, 0.1) is 0 Å². The maximum atomic E-state index is 6.11. The van der Waals surface area contributed by atoms with Gasteiger partial charge in [0.25, 0.3) is 0 Å². The van der Waals surface area contributed by atoms with Crippen LogP contribution in [0.4, 0.5) is 5.69 Å². The molecule has 0 amide bonds. The molecule has 2 rings (SSSR count). The SMILES string of the molecule is CC(CCc1ccco1)Nc1c(Cl)cccc1Cl. The van der Waals surface area contributed by atoms with Crippen LogP contribution in [0.1, 0.15) is 19.1 Å². The molecule has 0 saturated carbocycles. The van der Waals surface area contributed by atoms with Gasteiger partial charge < -0.3 is 9.73 Å². The lowest BCUT2D eigenvalue weighted by atomic mass is 10.1. The molecule has 2 nitrogen and oxygen atoms in total. The summed E-state index contributed by atoms with van der Waals surface area (Å²) < 4.78 is 5.30. The van der Waals surface area contributed by atoms with Gasteiger partial charge in [0.2, 0.25) is 0 Å². The van der Waals surface area contributed by atoms with Gasteiger partial charge >= 0.3 is 0 Å². The van der Waals surface area contributed by atoms with E-state index in [1.165, 1.54) is 0 Å². The molecule has 0 fully saturated rings. The van der Waals surface area contributed by atoms with E-state index in [0.29, 0.717) is 10.0 Å². The van der Waals surface area contributed by atoms with Gasteiger partial charge in [-0.2, -0.15) is 0 Å². The van der Waals surface area contributed by atoms with Gasteiger partial charge in [-0.1, -0.05) is 29.3 Å². The summed E-state index contributed by atoms with van der Waals surface area (Å²) in [6.07, 6.45) is 3.54. The fraction of sp³-hybridized carbons (Fsp3) is 0.286. The number of halogens is 2. The number of furan rings is 1. The molecule has 1 aromatic heterocycles. The Morgan fingerprint density at radius 1 is 1.17 bits per heavy atom. The molecule has 1 aromatic carbocycles. The maximum absolute atomic E-state index is 6.11. The van der Waals surface area contributed by atoms with Gasteiger partial charge in [-0.25, -0.2) is 0 Å². The monoisotopic (exact) mass is 283 g/mol. The zero-order chi connectivity index (χ0) is 13.0. The number of hydrogen-bond donors (Lipinski definition) is 1. The highest BCUT2D eigenvalue weighted by Crippen LogP contribution is 2.30. The third-order valence-electron chi connectivity index (χ3n) is 2.76. The van der Waals surface area contributed by atoms with Crippen molar-refractivity contribution in [3.63, 3.8) is 0 Å². The predicted octanol–water partition coefficient (Wildman–Crippen LogP) is 5.02. The second kappa shape index (κ2) is 6.17. The Labute approximate surface area is 117 Å². The maximum Gasteiger partial charge on any atom is 0.103 e. The van der Waals surface area contributed by atoms with Crippen molar-refractivity contribution in [1.82, 2.24) is 0 Å². The van der Waals surface area contributed by atoms with Crippen LogP contribution in [0.5, 0.6) is 0 Å². The average Bonchev–Trinajstić information content (AvgIpc) is 2.84. The van der Waals surface area contributed by atoms with Crippen LogP contribution in [0.2, 0.25) is 10.0 Å². The molecule has 0 aliphatic carbocycles. The topological polar surface area (TPSA) is 25.2 Å². The molecule has 1 heterocycles. The number of rotatable bonds is 5. The van der Waals surface area contributed by atoms with Crippen LogP contribution >= 0.6 is 23.2 Å². The molecule has 0 aliphatic rings. The Kier molecular flexibility index (Phi) is 4.56. The largest absolute Gasteiger partial charge is 0.469 e. The van der Waals surface area contributed by atoms with Gasteiger partial charge in [0.05, 0.1) is 22.0 Å². The van der Waals surface area contributed by atoms with Gasteiger partial charge in [0, 0.05) is 12.5 Å². The highest BCUT2D eigenvalue weighted by Gasteiger charge is 2.09. The molecule has 2 aromatic rings. The number of para-hydroxylation sites is 1. The van der Waals surface area contributed by atoms with Crippen LogP contribution in [-0.2, 0) is 6.42 Å². The summed E-state index contributed by atoms with van der Waals surface area (Å²) in [7, 11) is 0. The number of anilines is 1. The Balaban J connectivity index is 1.92. The van der Waals surface area contributed by atoms with Crippen molar-refractivity contribution >= 4 is 28.9 Å². The molecule has 18 heavy (non-hydrogen) atoms. The zero-order valence-corrected chi connectivity index (χ0v) is 11.6. The minimum atomic E-state index is 0.271. The summed E-state index contributed by atoms with van der Waals surface area (Å²) in [5.74, 6) is 0.994. The van der Waals surface area contributed by atoms with Crippen LogP contribution in [0.3, 0.4) is 0 Å². The van der Waals surface area contributed by atoms with Crippen LogP contribution in [0.15, 0.2) is 41.0 Å². The van der Waals surface area contributed by atoms with Gasteiger partial charge in [-0.3, -0.25) is 0 Å². The lowest BCUT2D eigenvalue weighted by Crippen LogP contribution is -2.16. The Hall–Kier alpha value is -1.12. The van der Waals surface area contributed by atoms with E-state index in [9.17, 15) is 0 Å². The summed E-state index contributed by atoms with van der Waals surface area (Å²) in [5, 5.41) is 4.63. The van der Waals surface area contributed by atoms with E-state index in [4.69, 9.17) is 27.6 Å². The minimum absolute atomic E-state index is 0.271. The van der Waals surface area contributed by atoms with Gasteiger partial charge in [-0.05, 0) is 37.6 Å². The van der Waals surface area contributed by atoms with Gasteiger partial charge in [-0.15, -0.1) is 0 Å². The highest BCUT2D eigenvalue weighted by molar-refractivity contribution is 6.39. The third kappa shape index (κ3) is 3.44. The first-order chi connectivity index (χ1) is 8.66. The van der Waals surface area contributed by atoms with Crippen molar-refractivity contribution in [2.45, 2.75) is 25.8 Å². The van der Waals surface area contributed by atoms with Crippen molar-refractivity contribution in [3.8, 4) is 0 Å². The number of aryl methyl sites for hydroxylation is 1. The first-order valence-electron chi connectivity index (χ1n) is 5.89. The molecule has 0 bridgehead atoms. The van der Waals surface area contributed by atoms with Crippen molar-refractivity contribution in [3.05, 3.63) is 52.4 Å². The molecule has 1 N–H and O–H groups in total. The molecule has 96 valence electrons. The summed E-state index contributed by atoms with van der Waals surface area (Å²) in [5.41, 5.74) is 0.799. The molecular formula is C14H15Cl2NO. The van der Waals surface area contributed by atoms with E-state index in [1.807, 2.05) is 30.3 Å². The van der Waals surface area contributed by atoms with E-state index in [0.717, 1.165) is 24.3 Å². The standard InChI is InChI=1S/C14H15Cl2NO/c1-10(7-8-11-4-3-9-18-11)17-14-12(15)5-2-6-13(14)16/h2-6,9-10,17H,7-8H2,1H3. The summed E-state index contributed by atoms with van der Waals surface area (Å²) in [6, 6.07) is 9.65. The lowest BCUT2D eigenvalue weighted by Gasteiger charge is -2.16. The summed E-state index contributed by atoms with van der Waals surface area (Å²) in [6.45, 7) is 2.10. The highest BCUT2D eigenvalue weighted by atomic mass is 35.5. The Morgan fingerprint density at radius 2 is 1.89 bits per heavy atom. The van der Waals surface area contributed by atoms with E-state index in [2.05, 4.69) is 12.2 Å². The fourth-order valence-electron chi connectivity index (χ4n) is 1.77. The summed E-state index contributed by atoms with van der Waals surface area (Å²) >= 11 is 12.2. The van der Waals surface area contributed by atoms with Crippen molar-refractivity contribution < 1.29 is 4.42 Å². The minimum Gasteiger partial charge on any atom is -0.469 e. The fourth-order valence-corrected chi connectivity index (χ4v) is 2.27. The molecule has 0 saturated heterocycles. The predicted molar refractivity (Wildman–Crippen MR) is 76.6 cm³/mol. The van der Waals surface area contributed by atoms with Crippen molar-refractivity contribution in [2.75, 3.05) is 5.32 Å². The van der Waals surface area contributed by atoms with Gasteiger partial charge in [0.15, 0.2) is 0 Å². The first kappa shape index (κ1) is 13.3. The van der Waals surface area contributed by atoms with Crippen LogP contribution in [-0.4, -0.2) is 6.04 Å².